The molecular weight excluding hydrogens is 290 g/mol. The van der Waals surface area contributed by atoms with Gasteiger partial charge in [-0.2, -0.15) is 0 Å². The molecular formula is C2H16Na4O7P2. The molecule has 0 aliphatic rings. The fourth-order valence-electron chi connectivity index (χ4n) is 0. The summed E-state index contributed by atoms with van der Waals surface area (Å²) in [5.74, 6) is 0. The Morgan fingerprint density at radius 2 is 0.800 bits per heavy atom. The first kappa shape index (κ1) is 42.7. The normalized spacial score (nSPS) is 5.87. The molecule has 0 aliphatic heterocycles. The molecule has 13 heteroatoms. The van der Waals surface area contributed by atoms with Crippen molar-refractivity contribution in [3.05, 3.63) is 0 Å². The van der Waals surface area contributed by atoms with Crippen LogP contribution in [0.25, 0.3) is 0 Å². The van der Waals surface area contributed by atoms with Gasteiger partial charge in [-0.3, -0.25) is 9.13 Å². The summed E-state index contributed by atoms with van der Waals surface area (Å²) in [6.07, 6.45) is 0. The first-order chi connectivity index (χ1) is 4.88. The van der Waals surface area contributed by atoms with E-state index in [1.54, 1.807) is 6.92 Å². The number of aliphatic hydroxyl groups excluding tert-OH is 1. The first-order valence-corrected chi connectivity index (χ1v) is 4.93. The van der Waals surface area contributed by atoms with Crippen molar-refractivity contribution in [1.82, 2.24) is 0 Å². The number of aliphatic hydroxyl groups is 1. The summed E-state index contributed by atoms with van der Waals surface area (Å²) >= 11 is 0. The van der Waals surface area contributed by atoms with E-state index in [1.165, 1.54) is 0 Å². The quantitative estimate of drug-likeness (QED) is 0.228. The third kappa shape index (κ3) is 266. The van der Waals surface area contributed by atoms with Crippen LogP contribution >= 0.6 is 16.5 Å². The van der Waals surface area contributed by atoms with E-state index >= 15 is 0 Å². The van der Waals surface area contributed by atoms with Gasteiger partial charge in [0.15, 0.2) is 0 Å². The summed E-state index contributed by atoms with van der Waals surface area (Å²) in [5, 5.41) is 7.57. The second-order valence-electron chi connectivity index (χ2n) is 0.881. The molecule has 0 fully saturated rings. The van der Waals surface area contributed by atoms with Crippen LogP contribution in [0.5, 0.6) is 0 Å². The molecule has 0 atom stereocenters. The van der Waals surface area contributed by atoms with E-state index in [9.17, 15) is 0 Å². The van der Waals surface area contributed by atoms with Gasteiger partial charge in [-0.15, -0.1) is 0 Å². The molecule has 0 aliphatic carbocycles. The van der Waals surface area contributed by atoms with Crippen LogP contribution in [-0.4, -0.2) is 150 Å². The third-order valence-electron chi connectivity index (χ3n) is 0. The molecule has 0 saturated heterocycles. The Morgan fingerprint density at radius 3 is 0.800 bits per heavy atom. The van der Waals surface area contributed by atoms with E-state index in [4.69, 9.17) is 33.8 Å². The molecule has 0 aromatic carbocycles. The van der Waals surface area contributed by atoms with Gasteiger partial charge in [0.05, 0.1) is 0 Å². The molecule has 0 heterocycles. The molecule has 80 valence electrons. The number of hydrogen-bond acceptors (Lipinski definition) is 3. The van der Waals surface area contributed by atoms with Crippen molar-refractivity contribution in [1.29, 1.82) is 0 Å². The molecule has 15 heavy (non-hydrogen) atoms. The standard InChI is InChI=1S/C2H6O.4Na.2H3O3P.4H/c1-2-3;;;;;2*1-4(2)3;;;;/h3H,2H2,1H3;;;;;2*4H,(H2,1,2,3);;;;. The zero-order valence-electron chi connectivity index (χ0n) is 5.76. The summed E-state index contributed by atoms with van der Waals surface area (Å²) < 4.78 is 17.5. The predicted octanol–water partition coefficient (Wildman–Crippen LogP) is -3.87. The van der Waals surface area contributed by atoms with Crippen LogP contribution in [-0.2, 0) is 9.13 Å². The Kier molecular flexibility index (Phi) is 122. The maximum absolute atomic E-state index is 8.74. The Balaban J connectivity index is -0.0000000114. The molecule has 0 aromatic heterocycles. The van der Waals surface area contributed by atoms with Crippen molar-refractivity contribution >= 4 is 135 Å². The summed E-state index contributed by atoms with van der Waals surface area (Å²) in [6, 6.07) is 0. The minimum absolute atomic E-state index is 0. The summed E-state index contributed by atoms with van der Waals surface area (Å²) in [4.78, 5) is 28.6. The van der Waals surface area contributed by atoms with Crippen LogP contribution in [0.4, 0.5) is 0 Å². The Labute approximate surface area is 178 Å². The zero-order valence-corrected chi connectivity index (χ0v) is 7.76. The average Bonchev–Trinajstić information content (AvgIpc) is 1.60. The molecule has 7 nitrogen and oxygen atoms in total. The van der Waals surface area contributed by atoms with Gasteiger partial charge in [0.25, 0.3) is 0 Å². The van der Waals surface area contributed by atoms with E-state index < -0.39 is 16.5 Å². The van der Waals surface area contributed by atoms with Crippen LogP contribution < -0.4 is 0 Å². The summed E-state index contributed by atoms with van der Waals surface area (Å²) in [7, 11) is -6.26. The van der Waals surface area contributed by atoms with Crippen molar-refractivity contribution in [3.63, 3.8) is 0 Å². The molecule has 0 rings (SSSR count). The van der Waals surface area contributed by atoms with Crippen LogP contribution in [0.2, 0.25) is 0 Å². The molecule has 5 N–H and O–H groups in total. The fourth-order valence-corrected chi connectivity index (χ4v) is 0. The third-order valence-corrected chi connectivity index (χ3v) is 0. The van der Waals surface area contributed by atoms with E-state index in [0.717, 1.165) is 0 Å². The van der Waals surface area contributed by atoms with Gasteiger partial charge in [-0.05, 0) is 6.92 Å². The van der Waals surface area contributed by atoms with Gasteiger partial charge in [0.1, 0.15) is 0 Å². The molecule has 0 bridgehead atoms. The minimum atomic E-state index is -3.13. The topological polar surface area (TPSA) is 135 Å². The molecule has 0 amide bonds. The number of hydrogen-bond donors (Lipinski definition) is 5. The maximum atomic E-state index is 8.74. The first-order valence-electron chi connectivity index (χ1n) is 2.33. The molecule has 0 radical (unpaired) electrons. The van der Waals surface area contributed by atoms with Gasteiger partial charge < -0.3 is 24.7 Å². The fraction of sp³-hybridized carbons (Fsp3) is 1.00. The van der Waals surface area contributed by atoms with E-state index in [-0.39, 0.29) is 125 Å². The summed E-state index contributed by atoms with van der Waals surface area (Å²) in [5.41, 5.74) is 0. The Bertz CT molecular complexity index is 95.2. The van der Waals surface area contributed by atoms with Gasteiger partial charge in [0, 0.05) is 6.61 Å². The molecule has 0 saturated carbocycles. The van der Waals surface area contributed by atoms with E-state index in [2.05, 4.69) is 0 Å². The second kappa shape index (κ2) is 42.9. The SMILES string of the molecule is CCO.O=[PH](O)O.O=[PH](O)O.[NaH].[NaH].[NaH].[NaH]. The van der Waals surface area contributed by atoms with Crippen molar-refractivity contribution < 1.29 is 33.8 Å². The zero-order chi connectivity index (χ0) is 9.86. The van der Waals surface area contributed by atoms with Crippen LogP contribution in [0.1, 0.15) is 6.92 Å². The van der Waals surface area contributed by atoms with E-state index in [1.807, 2.05) is 0 Å². The summed E-state index contributed by atoms with van der Waals surface area (Å²) in [6.45, 7) is 1.93. The van der Waals surface area contributed by atoms with Crippen molar-refractivity contribution in [2.24, 2.45) is 0 Å². The van der Waals surface area contributed by atoms with Crippen molar-refractivity contribution in [2.45, 2.75) is 6.92 Å². The van der Waals surface area contributed by atoms with Gasteiger partial charge in [-0.1, -0.05) is 0 Å². The molecule has 0 spiro atoms. The second-order valence-corrected chi connectivity index (χ2v) is 2.01. The van der Waals surface area contributed by atoms with Gasteiger partial charge in [0.2, 0.25) is 0 Å². The number of rotatable bonds is 0. The van der Waals surface area contributed by atoms with Crippen LogP contribution in [0, 0.1) is 0 Å². The van der Waals surface area contributed by atoms with Crippen LogP contribution in [0.3, 0.4) is 0 Å². The van der Waals surface area contributed by atoms with Crippen LogP contribution in [0.15, 0.2) is 0 Å². The monoisotopic (exact) mass is 306 g/mol. The predicted molar refractivity (Wildman–Crippen MR) is 68.2 cm³/mol. The van der Waals surface area contributed by atoms with Gasteiger partial charge in [-0.25, -0.2) is 0 Å². The van der Waals surface area contributed by atoms with Gasteiger partial charge >= 0.3 is 135 Å². The molecule has 0 unspecified atom stereocenters. The van der Waals surface area contributed by atoms with Crippen molar-refractivity contribution in [3.8, 4) is 0 Å². The van der Waals surface area contributed by atoms with Crippen molar-refractivity contribution in [2.75, 3.05) is 6.61 Å². The Morgan fingerprint density at radius 1 is 0.800 bits per heavy atom. The van der Waals surface area contributed by atoms with E-state index in [0.29, 0.717) is 0 Å². The molecule has 0 aromatic rings. The average molecular weight is 306 g/mol. The Hall–Kier alpha value is 4.26.